The highest BCUT2D eigenvalue weighted by Crippen LogP contribution is 2.29. The minimum atomic E-state index is -2.17. The molecule has 1 amide bonds. The smallest absolute Gasteiger partial charge is 0.407 e. The minimum Gasteiger partial charge on any atom is -0.480 e. The van der Waals surface area contributed by atoms with Crippen LogP contribution in [0.15, 0.2) is 0 Å². The highest BCUT2D eigenvalue weighted by Gasteiger charge is 2.53. The SMILES string of the molecule is CCOC(=O)N[C@](C(=O)O)(C(C)C)[Si](C)(C)C. The molecule has 0 spiro atoms. The van der Waals surface area contributed by atoms with Crippen molar-refractivity contribution in [1.29, 1.82) is 0 Å². The summed E-state index contributed by atoms with van der Waals surface area (Å²) in [6, 6.07) is 0. The standard InChI is InChI=1S/C11H23NO4Si/c1-7-16-10(15)12-11(8(2)3,9(13)14)17(4,5)6/h8H,7H2,1-6H3,(H,12,15)(H,13,14)/t11-/m1/s1. The zero-order chi connectivity index (χ0) is 13.9. The Morgan fingerprint density at radius 2 is 1.82 bits per heavy atom. The molecule has 0 radical (unpaired) electrons. The first-order valence-electron chi connectivity index (χ1n) is 5.78. The summed E-state index contributed by atoms with van der Waals surface area (Å²) in [4.78, 5) is 23.2. The van der Waals surface area contributed by atoms with Gasteiger partial charge in [-0.1, -0.05) is 33.5 Å². The molecule has 0 aromatic rings. The summed E-state index contributed by atoms with van der Waals surface area (Å²) < 4.78 is 4.80. The van der Waals surface area contributed by atoms with Gasteiger partial charge in [-0.2, -0.15) is 0 Å². The maximum Gasteiger partial charge on any atom is 0.407 e. The number of hydrogen-bond acceptors (Lipinski definition) is 3. The maximum atomic E-state index is 11.6. The van der Waals surface area contributed by atoms with Gasteiger partial charge in [-0.05, 0) is 12.8 Å². The van der Waals surface area contributed by atoms with Crippen molar-refractivity contribution in [3.63, 3.8) is 0 Å². The van der Waals surface area contributed by atoms with Gasteiger partial charge in [0, 0.05) is 0 Å². The Labute approximate surface area is 104 Å². The van der Waals surface area contributed by atoms with Crippen molar-refractivity contribution in [3.05, 3.63) is 0 Å². The summed E-state index contributed by atoms with van der Waals surface area (Å²) in [5.41, 5.74) is 0. The Bertz CT molecular complexity index is 298. The third-order valence-corrected chi connectivity index (χ3v) is 6.24. The molecule has 0 aromatic heterocycles. The average molecular weight is 261 g/mol. The van der Waals surface area contributed by atoms with E-state index < -0.39 is 25.3 Å². The molecule has 0 unspecified atom stereocenters. The molecule has 2 N–H and O–H groups in total. The number of amides is 1. The Morgan fingerprint density at radius 3 is 2.06 bits per heavy atom. The van der Waals surface area contributed by atoms with E-state index in [1.807, 2.05) is 19.6 Å². The molecule has 0 bridgehead atoms. The van der Waals surface area contributed by atoms with Crippen molar-refractivity contribution in [1.82, 2.24) is 5.32 Å². The van der Waals surface area contributed by atoms with Gasteiger partial charge in [0.15, 0.2) is 0 Å². The summed E-state index contributed by atoms with van der Waals surface area (Å²) in [5.74, 6) is -1.18. The Morgan fingerprint density at radius 1 is 1.35 bits per heavy atom. The van der Waals surface area contributed by atoms with Crippen molar-refractivity contribution in [2.45, 2.75) is 45.6 Å². The molecule has 6 heteroatoms. The van der Waals surface area contributed by atoms with Gasteiger partial charge in [-0.3, -0.25) is 4.79 Å². The Hall–Kier alpha value is -1.04. The highest BCUT2D eigenvalue weighted by molar-refractivity contribution is 6.82. The number of rotatable bonds is 5. The number of nitrogens with one attached hydrogen (secondary N) is 1. The van der Waals surface area contributed by atoms with Gasteiger partial charge >= 0.3 is 12.1 Å². The molecule has 0 aromatic carbocycles. The zero-order valence-electron chi connectivity index (χ0n) is 11.5. The van der Waals surface area contributed by atoms with Crippen LogP contribution in [-0.4, -0.2) is 37.0 Å². The fraction of sp³-hybridized carbons (Fsp3) is 0.818. The van der Waals surface area contributed by atoms with E-state index in [0.717, 1.165) is 0 Å². The molecule has 100 valence electrons. The van der Waals surface area contributed by atoms with Crippen LogP contribution in [0.25, 0.3) is 0 Å². The molecule has 0 aliphatic heterocycles. The van der Waals surface area contributed by atoms with Crippen molar-refractivity contribution in [3.8, 4) is 0 Å². The van der Waals surface area contributed by atoms with Crippen LogP contribution < -0.4 is 5.32 Å². The van der Waals surface area contributed by atoms with Crippen molar-refractivity contribution in [2.75, 3.05) is 6.61 Å². The molecular weight excluding hydrogens is 238 g/mol. The van der Waals surface area contributed by atoms with Gasteiger partial charge in [0.2, 0.25) is 0 Å². The largest absolute Gasteiger partial charge is 0.480 e. The van der Waals surface area contributed by atoms with E-state index in [9.17, 15) is 14.7 Å². The molecule has 0 rings (SSSR count). The van der Waals surface area contributed by atoms with Crippen LogP contribution in [0.3, 0.4) is 0 Å². The molecule has 0 saturated carbocycles. The fourth-order valence-electron chi connectivity index (χ4n) is 2.15. The lowest BCUT2D eigenvalue weighted by Gasteiger charge is -2.43. The van der Waals surface area contributed by atoms with Crippen molar-refractivity contribution in [2.24, 2.45) is 5.92 Å². The third-order valence-electron chi connectivity index (χ3n) is 2.96. The van der Waals surface area contributed by atoms with Gasteiger partial charge < -0.3 is 15.2 Å². The van der Waals surface area contributed by atoms with E-state index in [0.29, 0.717) is 0 Å². The second-order valence-corrected chi connectivity index (χ2v) is 10.7. The first-order chi connectivity index (χ1) is 7.59. The Balaban J connectivity index is 5.36. The zero-order valence-corrected chi connectivity index (χ0v) is 12.5. The fourth-order valence-corrected chi connectivity index (χ4v) is 5.00. The third kappa shape index (κ3) is 3.21. The van der Waals surface area contributed by atoms with Crippen LogP contribution in [0.5, 0.6) is 0 Å². The van der Waals surface area contributed by atoms with E-state index in [2.05, 4.69) is 5.32 Å². The number of carbonyl (C=O) groups is 2. The van der Waals surface area contributed by atoms with E-state index in [1.54, 1.807) is 20.8 Å². The van der Waals surface area contributed by atoms with E-state index in [-0.39, 0.29) is 12.5 Å². The lowest BCUT2D eigenvalue weighted by molar-refractivity contribution is -0.143. The number of hydrogen-bond donors (Lipinski definition) is 2. The summed E-state index contributed by atoms with van der Waals surface area (Å²) >= 11 is 0. The van der Waals surface area contributed by atoms with Gasteiger partial charge in [-0.25, -0.2) is 4.79 Å². The molecule has 0 saturated heterocycles. The summed E-state index contributed by atoms with van der Waals surface area (Å²) in [5, 5.41) is 10.9. The first-order valence-corrected chi connectivity index (χ1v) is 9.28. The van der Waals surface area contributed by atoms with Crippen molar-refractivity contribution >= 4 is 20.1 Å². The lowest BCUT2D eigenvalue weighted by Crippen LogP contribution is -2.71. The number of alkyl carbamates (subject to hydrolysis) is 1. The van der Waals surface area contributed by atoms with E-state index in [1.165, 1.54) is 0 Å². The summed E-state index contributed by atoms with van der Waals surface area (Å²) in [7, 11) is -2.17. The van der Waals surface area contributed by atoms with Gasteiger partial charge in [0.05, 0.1) is 14.7 Å². The van der Waals surface area contributed by atoms with Crippen molar-refractivity contribution < 1.29 is 19.4 Å². The molecule has 0 heterocycles. The molecule has 17 heavy (non-hydrogen) atoms. The normalized spacial score (nSPS) is 15.2. The predicted octanol–water partition coefficient (Wildman–Crippen LogP) is 2.09. The van der Waals surface area contributed by atoms with Crippen LogP contribution in [0, 0.1) is 5.92 Å². The quantitative estimate of drug-likeness (QED) is 0.743. The van der Waals surface area contributed by atoms with Gasteiger partial charge in [0.1, 0.15) is 5.16 Å². The monoisotopic (exact) mass is 261 g/mol. The molecule has 1 atom stereocenters. The summed E-state index contributed by atoms with van der Waals surface area (Å²) in [6.45, 7) is 11.3. The van der Waals surface area contributed by atoms with Gasteiger partial charge in [-0.15, -0.1) is 0 Å². The molecule has 0 aliphatic rings. The number of aliphatic carboxylic acids is 1. The van der Waals surface area contributed by atoms with Crippen LogP contribution >= 0.6 is 0 Å². The second kappa shape index (κ2) is 5.53. The van der Waals surface area contributed by atoms with Crippen LogP contribution in [0.2, 0.25) is 19.6 Å². The predicted molar refractivity (Wildman–Crippen MR) is 68.7 cm³/mol. The lowest BCUT2D eigenvalue weighted by atomic mass is 10.0. The molecule has 5 nitrogen and oxygen atoms in total. The molecular formula is C11H23NO4Si. The number of ether oxygens (including phenoxy) is 1. The second-order valence-electron chi connectivity index (χ2n) is 5.36. The average Bonchev–Trinajstić information content (AvgIpc) is 2.11. The maximum absolute atomic E-state index is 11.6. The number of carbonyl (C=O) groups excluding carboxylic acids is 1. The molecule has 0 aliphatic carbocycles. The van der Waals surface area contributed by atoms with Crippen LogP contribution in [0.1, 0.15) is 20.8 Å². The number of carboxylic acids is 1. The van der Waals surface area contributed by atoms with E-state index in [4.69, 9.17) is 4.74 Å². The highest BCUT2D eigenvalue weighted by atomic mass is 28.3. The summed E-state index contributed by atoms with van der Waals surface area (Å²) in [6.07, 6.45) is -0.661. The molecule has 0 fully saturated rings. The number of carboxylic acid groups (broad SMARTS) is 1. The minimum absolute atomic E-state index is 0.198. The van der Waals surface area contributed by atoms with Crippen LogP contribution in [-0.2, 0) is 9.53 Å². The van der Waals surface area contributed by atoms with E-state index >= 15 is 0 Å². The van der Waals surface area contributed by atoms with Gasteiger partial charge in [0.25, 0.3) is 0 Å². The Kier molecular flexibility index (Phi) is 5.19. The topological polar surface area (TPSA) is 75.6 Å². The first kappa shape index (κ1) is 16.0. The van der Waals surface area contributed by atoms with Crippen LogP contribution in [0.4, 0.5) is 4.79 Å².